The molecule has 108 valence electrons. The quantitative estimate of drug-likeness (QED) is 0.888. The lowest BCUT2D eigenvalue weighted by Gasteiger charge is -2.09. The molecule has 0 saturated carbocycles. The molecule has 20 heavy (non-hydrogen) atoms. The molecule has 0 aliphatic carbocycles. The molecule has 0 radical (unpaired) electrons. The van der Waals surface area contributed by atoms with Gasteiger partial charge in [-0.25, -0.2) is 4.98 Å². The van der Waals surface area contributed by atoms with E-state index in [1.54, 1.807) is 6.07 Å². The van der Waals surface area contributed by atoms with Crippen LogP contribution in [0.1, 0.15) is 4.88 Å². The van der Waals surface area contributed by atoms with Gasteiger partial charge in [0.25, 0.3) is 0 Å². The maximum Gasteiger partial charge on any atom is 0.422 e. The number of nitrogens with one attached hydrogen (secondary N) is 1. The summed E-state index contributed by atoms with van der Waals surface area (Å²) in [5.74, 6) is -0.0629. The van der Waals surface area contributed by atoms with E-state index in [0.717, 1.165) is 4.88 Å². The Kier molecular flexibility index (Phi) is 4.72. The highest BCUT2D eigenvalue weighted by Gasteiger charge is 2.28. The first-order valence-electron chi connectivity index (χ1n) is 5.55. The third-order valence-corrected chi connectivity index (χ3v) is 3.49. The predicted octanol–water partition coefficient (Wildman–Crippen LogP) is 4.35. The largest absolute Gasteiger partial charge is 0.468 e. The van der Waals surface area contributed by atoms with Crippen LogP contribution in [0.3, 0.4) is 0 Å². The van der Waals surface area contributed by atoms with Crippen molar-refractivity contribution in [2.45, 2.75) is 12.7 Å². The second-order valence-corrected chi connectivity index (χ2v) is 5.31. The molecule has 0 fully saturated rings. The van der Waals surface area contributed by atoms with E-state index in [2.05, 4.69) is 15.0 Å². The summed E-state index contributed by atoms with van der Waals surface area (Å²) in [4.78, 5) is 4.84. The number of thiophene rings is 1. The van der Waals surface area contributed by atoms with Crippen molar-refractivity contribution in [1.29, 1.82) is 0 Å². The highest BCUT2D eigenvalue weighted by atomic mass is 35.5. The average Bonchev–Trinajstić information content (AvgIpc) is 2.80. The number of anilines is 1. The maximum atomic E-state index is 12.0. The van der Waals surface area contributed by atoms with E-state index in [0.29, 0.717) is 17.3 Å². The molecule has 0 aliphatic heterocycles. The van der Waals surface area contributed by atoms with Crippen LogP contribution in [0.2, 0.25) is 5.02 Å². The summed E-state index contributed by atoms with van der Waals surface area (Å²) in [5.41, 5.74) is 0.689. The zero-order valence-electron chi connectivity index (χ0n) is 10.1. The molecule has 0 aliphatic rings. The van der Waals surface area contributed by atoms with Crippen molar-refractivity contribution in [2.75, 3.05) is 11.9 Å². The summed E-state index contributed by atoms with van der Waals surface area (Å²) < 4.78 is 40.4. The Balaban J connectivity index is 1.85. The van der Waals surface area contributed by atoms with Crippen LogP contribution in [0, 0.1) is 0 Å². The van der Waals surface area contributed by atoms with Gasteiger partial charge in [0.05, 0.1) is 16.9 Å². The van der Waals surface area contributed by atoms with Gasteiger partial charge in [-0.2, -0.15) is 13.2 Å². The fourth-order valence-electron chi connectivity index (χ4n) is 1.36. The van der Waals surface area contributed by atoms with Crippen molar-refractivity contribution in [2.24, 2.45) is 0 Å². The molecule has 0 aromatic carbocycles. The fourth-order valence-corrected chi connectivity index (χ4v) is 2.37. The van der Waals surface area contributed by atoms with E-state index in [9.17, 15) is 13.2 Å². The summed E-state index contributed by atoms with van der Waals surface area (Å²) in [6.07, 6.45) is -2.95. The minimum atomic E-state index is -4.36. The van der Waals surface area contributed by atoms with Crippen LogP contribution >= 0.6 is 22.9 Å². The normalized spacial score (nSPS) is 11.4. The van der Waals surface area contributed by atoms with Crippen molar-refractivity contribution in [3.8, 4) is 5.88 Å². The van der Waals surface area contributed by atoms with Crippen LogP contribution in [-0.4, -0.2) is 17.8 Å². The lowest BCUT2D eigenvalue weighted by atomic mass is 10.4. The zero-order chi connectivity index (χ0) is 14.6. The Morgan fingerprint density at radius 2 is 2.15 bits per heavy atom. The molecule has 2 aromatic rings. The van der Waals surface area contributed by atoms with Crippen LogP contribution in [0.15, 0.2) is 29.8 Å². The number of hydrogen-bond acceptors (Lipinski definition) is 4. The molecule has 0 saturated heterocycles. The van der Waals surface area contributed by atoms with Gasteiger partial charge >= 0.3 is 6.18 Å². The lowest BCUT2D eigenvalue weighted by molar-refractivity contribution is -0.154. The molecular weight excluding hydrogens is 313 g/mol. The Bertz CT molecular complexity index is 557. The molecule has 2 aromatic heterocycles. The monoisotopic (exact) mass is 322 g/mol. The molecule has 0 spiro atoms. The summed E-state index contributed by atoms with van der Waals surface area (Å²) in [5, 5.41) is 5.59. The molecule has 3 nitrogen and oxygen atoms in total. The standard InChI is InChI=1S/C12H10ClF3N2OS/c13-8-3-10(20-6-8)5-17-9-1-2-11(18-4-9)19-7-12(14,15)16/h1-4,6,17H,5,7H2. The van der Waals surface area contributed by atoms with Crippen LogP contribution in [0.5, 0.6) is 5.88 Å². The molecule has 8 heteroatoms. The van der Waals surface area contributed by atoms with Crippen molar-refractivity contribution in [1.82, 2.24) is 4.98 Å². The fraction of sp³-hybridized carbons (Fsp3) is 0.250. The summed E-state index contributed by atoms with van der Waals surface area (Å²) in [6.45, 7) is -0.776. The van der Waals surface area contributed by atoms with Gasteiger partial charge in [0.2, 0.25) is 5.88 Å². The minimum absolute atomic E-state index is 0.0629. The molecular formula is C12H10ClF3N2OS. The smallest absolute Gasteiger partial charge is 0.422 e. The molecule has 2 heterocycles. The van der Waals surface area contributed by atoms with E-state index < -0.39 is 12.8 Å². The molecule has 0 amide bonds. The van der Waals surface area contributed by atoms with E-state index in [1.807, 2.05) is 11.4 Å². The van der Waals surface area contributed by atoms with Gasteiger partial charge in [-0.15, -0.1) is 11.3 Å². The highest BCUT2D eigenvalue weighted by Crippen LogP contribution is 2.21. The lowest BCUT2D eigenvalue weighted by Crippen LogP contribution is -2.19. The predicted molar refractivity (Wildman–Crippen MR) is 72.4 cm³/mol. The Labute approximate surface area is 122 Å². The van der Waals surface area contributed by atoms with Crippen molar-refractivity contribution >= 4 is 28.6 Å². The molecule has 0 unspecified atom stereocenters. The summed E-state index contributed by atoms with van der Waals surface area (Å²) >= 11 is 7.31. The number of rotatable bonds is 5. The Hall–Kier alpha value is -1.47. The number of ether oxygens (including phenoxy) is 1. The third kappa shape index (κ3) is 4.90. The van der Waals surface area contributed by atoms with Gasteiger partial charge in [-0.3, -0.25) is 0 Å². The number of pyridine rings is 1. The first kappa shape index (κ1) is 14.9. The van der Waals surface area contributed by atoms with E-state index >= 15 is 0 Å². The first-order chi connectivity index (χ1) is 9.42. The number of alkyl halides is 3. The number of aromatic nitrogens is 1. The third-order valence-electron chi connectivity index (χ3n) is 2.21. The second kappa shape index (κ2) is 6.32. The molecule has 0 bridgehead atoms. The number of nitrogens with zero attached hydrogens (tertiary/aromatic N) is 1. The number of halogens is 4. The Morgan fingerprint density at radius 3 is 2.70 bits per heavy atom. The van der Waals surface area contributed by atoms with E-state index in [1.165, 1.54) is 23.6 Å². The van der Waals surface area contributed by atoms with Gasteiger partial charge in [0.1, 0.15) is 0 Å². The molecule has 0 atom stereocenters. The van der Waals surface area contributed by atoms with E-state index in [-0.39, 0.29) is 5.88 Å². The number of hydrogen-bond donors (Lipinski definition) is 1. The summed E-state index contributed by atoms with van der Waals surface area (Å²) in [7, 11) is 0. The van der Waals surface area contributed by atoms with Gasteiger partial charge in [-0.1, -0.05) is 11.6 Å². The molecule has 2 rings (SSSR count). The van der Waals surface area contributed by atoms with Crippen LogP contribution in [0.25, 0.3) is 0 Å². The SMILES string of the molecule is FC(F)(F)COc1ccc(NCc2cc(Cl)cs2)cn1. The Morgan fingerprint density at radius 1 is 1.35 bits per heavy atom. The molecule has 1 N–H and O–H groups in total. The van der Waals surface area contributed by atoms with Gasteiger partial charge in [0, 0.05) is 22.9 Å². The van der Waals surface area contributed by atoms with Crippen molar-refractivity contribution in [3.63, 3.8) is 0 Å². The summed E-state index contributed by atoms with van der Waals surface area (Å²) in [6, 6.07) is 4.83. The van der Waals surface area contributed by atoms with Crippen molar-refractivity contribution < 1.29 is 17.9 Å². The van der Waals surface area contributed by atoms with E-state index in [4.69, 9.17) is 11.6 Å². The minimum Gasteiger partial charge on any atom is -0.468 e. The van der Waals surface area contributed by atoms with Gasteiger partial charge in [-0.05, 0) is 12.1 Å². The maximum absolute atomic E-state index is 12.0. The van der Waals surface area contributed by atoms with Gasteiger partial charge in [0.15, 0.2) is 6.61 Å². The average molecular weight is 323 g/mol. The van der Waals surface area contributed by atoms with Gasteiger partial charge < -0.3 is 10.1 Å². The van der Waals surface area contributed by atoms with Crippen molar-refractivity contribution in [3.05, 3.63) is 39.7 Å². The topological polar surface area (TPSA) is 34.1 Å². The highest BCUT2D eigenvalue weighted by molar-refractivity contribution is 7.10. The first-order valence-corrected chi connectivity index (χ1v) is 6.80. The zero-order valence-corrected chi connectivity index (χ0v) is 11.6. The van der Waals surface area contributed by atoms with Crippen LogP contribution in [0.4, 0.5) is 18.9 Å². The van der Waals surface area contributed by atoms with Crippen LogP contribution < -0.4 is 10.1 Å². The second-order valence-electron chi connectivity index (χ2n) is 3.87. The van der Waals surface area contributed by atoms with Crippen LogP contribution in [-0.2, 0) is 6.54 Å².